The maximum absolute atomic E-state index is 13.6. The molecule has 134 valence electrons. The summed E-state index contributed by atoms with van der Waals surface area (Å²) in [4.78, 5) is -0.0394. The van der Waals surface area contributed by atoms with Crippen LogP contribution < -0.4 is 10.0 Å². The van der Waals surface area contributed by atoms with Crippen LogP contribution in [-0.2, 0) is 10.0 Å². The molecule has 0 amide bonds. The Hall–Kier alpha value is -2.78. The van der Waals surface area contributed by atoms with Gasteiger partial charge in [-0.15, -0.1) is 10.2 Å². The smallest absolute Gasteiger partial charge is 0.263 e. The number of nitrogens with one attached hydrogen (secondary N) is 2. The van der Waals surface area contributed by atoms with Gasteiger partial charge in [0.25, 0.3) is 10.0 Å². The quantitative estimate of drug-likeness (QED) is 0.682. The predicted octanol–water partition coefficient (Wildman–Crippen LogP) is 3.95. The van der Waals surface area contributed by atoms with Gasteiger partial charge in [-0.25, -0.2) is 17.2 Å². The van der Waals surface area contributed by atoms with Crippen LogP contribution in [0.4, 0.5) is 26.1 Å². The van der Waals surface area contributed by atoms with Crippen molar-refractivity contribution in [2.45, 2.75) is 4.90 Å². The topological polar surface area (TPSA) is 84.0 Å². The fourth-order valence-electron chi connectivity index (χ4n) is 2.03. The number of aromatic nitrogens is 2. The number of benzene rings is 2. The van der Waals surface area contributed by atoms with Crippen LogP contribution in [0.5, 0.6) is 0 Å². The molecule has 0 spiro atoms. The predicted molar refractivity (Wildman–Crippen MR) is 93.9 cm³/mol. The first-order valence-electron chi connectivity index (χ1n) is 7.18. The van der Waals surface area contributed by atoms with Gasteiger partial charge in [-0.3, -0.25) is 4.72 Å². The Kier molecular flexibility index (Phi) is 5.01. The molecule has 2 N–H and O–H groups in total. The van der Waals surface area contributed by atoms with Crippen LogP contribution in [0.25, 0.3) is 0 Å². The fraction of sp³-hybridized carbons (Fsp3) is 0. The number of hydrogen-bond donors (Lipinski definition) is 2. The van der Waals surface area contributed by atoms with Gasteiger partial charge in [0, 0.05) is 5.02 Å². The first kappa shape index (κ1) is 18.0. The highest BCUT2D eigenvalue weighted by atomic mass is 35.5. The second kappa shape index (κ2) is 7.22. The Morgan fingerprint density at radius 3 is 2.12 bits per heavy atom. The first-order chi connectivity index (χ1) is 12.3. The van der Waals surface area contributed by atoms with Gasteiger partial charge >= 0.3 is 0 Å². The highest BCUT2D eigenvalue weighted by molar-refractivity contribution is 7.92. The highest BCUT2D eigenvalue weighted by Crippen LogP contribution is 2.23. The summed E-state index contributed by atoms with van der Waals surface area (Å²) in [6, 6.07) is 11.7. The number of nitrogens with zero attached hydrogens (tertiary/aromatic N) is 2. The van der Waals surface area contributed by atoms with E-state index in [9.17, 15) is 17.2 Å². The largest absolute Gasteiger partial charge is 0.334 e. The molecule has 0 aliphatic rings. The standard InChI is InChI=1S/C16H11ClF2N4O2S/c17-10-3-1-4-11(9-10)26(24,25)23-15-8-7-14(21-22-15)20-16-12(18)5-2-6-13(16)19/h1-9H,(H,20,21)(H,22,23). The van der Waals surface area contributed by atoms with Crippen LogP contribution in [0, 0.1) is 11.6 Å². The van der Waals surface area contributed by atoms with E-state index in [1.54, 1.807) is 6.07 Å². The number of sulfonamides is 1. The molecule has 1 heterocycles. The van der Waals surface area contributed by atoms with Crippen molar-refractivity contribution in [3.05, 3.63) is 71.3 Å². The molecule has 0 saturated heterocycles. The Balaban J connectivity index is 1.78. The molecule has 6 nitrogen and oxygen atoms in total. The van der Waals surface area contributed by atoms with E-state index in [2.05, 4.69) is 20.2 Å². The SMILES string of the molecule is O=S(=O)(Nc1ccc(Nc2c(F)cccc2F)nn1)c1cccc(Cl)c1. The molecule has 0 fully saturated rings. The Morgan fingerprint density at radius 1 is 0.885 bits per heavy atom. The van der Waals surface area contributed by atoms with E-state index < -0.39 is 21.7 Å². The van der Waals surface area contributed by atoms with Crippen molar-refractivity contribution in [2.24, 2.45) is 0 Å². The lowest BCUT2D eigenvalue weighted by Gasteiger charge is -2.09. The molecule has 0 bridgehead atoms. The monoisotopic (exact) mass is 396 g/mol. The van der Waals surface area contributed by atoms with E-state index in [0.29, 0.717) is 0 Å². The summed E-state index contributed by atoms with van der Waals surface area (Å²) in [5.74, 6) is -1.61. The van der Waals surface area contributed by atoms with E-state index in [-0.39, 0.29) is 27.2 Å². The number of para-hydroxylation sites is 1. The van der Waals surface area contributed by atoms with Crippen molar-refractivity contribution in [2.75, 3.05) is 10.0 Å². The van der Waals surface area contributed by atoms with Crippen LogP contribution >= 0.6 is 11.6 Å². The second-order valence-corrected chi connectivity index (χ2v) is 7.21. The van der Waals surface area contributed by atoms with E-state index >= 15 is 0 Å². The van der Waals surface area contributed by atoms with Gasteiger partial charge in [0.05, 0.1) is 4.90 Å². The zero-order chi connectivity index (χ0) is 18.7. The molecule has 0 atom stereocenters. The Bertz CT molecular complexity index is 1030. The van der Waals surface area contributed by atoms with Gasteiger partial charge < -0.3 is 5.32 Å². The lowest BCUT2D eigenvalue weighted by atomic mass is 10.3. The average Bonchev–Trinajstić information content (AvgIpc) is 2.59. The zero-order valence-corrected chi connectivity index (χ0v) is 14.5. The van der Waals surface area contributed by atoms with E-state index in [4.69, 9.17) is 11.6 Å². The molecule has 0 unspecified atom stereocenters. The molecular weight excluding hydrogens is 386 g/mol. The minimum Gasteiger partial charge on any atom is -0.334 e. The van der Waals surface area contributed by atoms with Crippen molar-refractivity contribution < 1.29 is 17.2 Å². The van der Waals surface area contributed by atoms with Crippen LogP contribution in [0.1, 0.15) is 0 Å². The number of hydrogen-bond acceptors (Lipinski definition) is 5. The molecule has 0 radical (unpaired) electrons. The minimum absolute atomic E-state index is 0.0394. The lowest BCUT2D eigenvalue weighted by Crippen LogP contribution is -2.14. The van der Waals surface area contributed by atoms with Crippen molar-refractivity contribution in [1.29, 1.82) is 0 Å². The summed E-state index contributed by atoms with van der Waals surface area (Å²) in [7, 11) is -3.90. The normalized spacial score (nSPS) is 11.2. The number of halogens is 3. The van der Waals surface area contributed by atoms with E-state index in [1.165, 1.54) is 36.4 Å². The van der Waals surface area contributed by atoms with Gasteiger partial charge in [0.1, 0.15) is 17.3 Å². The maximum atomic E-state index is 13.6. The molecule has 0 aliphatic carbocycles. The molecule has 2 aromatic carbocycles. The van der Waals surface area contributed by atoms with Crippen molar-refractivity contribution >= 4 is 38.9 Å². The third-order valence-electron chi connectivity index (χ3n) is 3.23. The molecule has 0 saturated carbocycles. The molecule has 0 aliphatic heterocycles. The van der Waals surface area contributed by atoms with Gasteiger partial charge in [-0.1, -0.05) is 23.7 Å². The fourth-order valence-corrected chi connectivity index (χ4v) is 3.33. The summed E-state index contributed by atoms with van der Waals surface area (Å²) in [5.41, 5.74) is -0.381. The average molecular weight is 397 g/mol. The Morgan fingerprint density at radius 2 is 1.50 bits per heavy atom. The van der Waals surface area contributed by atoms with Gasteiger partial charge in [-0.05, 0) is 42.5 Å². The minimum atomic E-state index is -3.90. The van der Waals surface area contributed by atoms with Crippen molar-refractivity contribution in [3.8, 4) is 0 Å². The molecule has 10 heteroatoms. The lowest BCUT2D eigenvalue weighted by molar-refractivity contribution is 0.590. The maximum Gasteiger partial charge on any atom is 0.263 e. The highest BCUT2D eigenvalue weighted by Gasteiger charge is 2.16. The summed E-state index contributed by atoms with van der Waals surface area (Å²) in [6.07, 6.45) is 0. The van der Waals surface area contributed by atoms with Crippen molar-refractivity contribution in [3.63, 3.8) is 0 Å². The Labute approximate surface area is 152 Å². The van der Waals surface area contributed by atoms with E-state index in [0.717, 1.165) is 12.1 Å². The first-order valence-corrected chi connectivity index (χ1v) is 9.04. The molecule has 3 rings (SSSR count). The molecule has 1 aromatic heterocycles. The van der Waals surface area contributed by atoms with Crippen LogP contribution in [0.2, 0.25) is 5.02 Å². The van der Waals surface area contributed by atoms with Gasteiger partial charge in [0.2, 0.25) is 0 Å². The summed E-state index contributed by atoms with van der Waals surface area (Å²) in [6.45, 7) is 0. The third-order valence-corrected chi connectivity index (χ3v) is 4.81. The summed E-state index contributed by atoms with van der Waals surface area (Å²) < 4.78 is 54.0. The summed E-state index contributed by atoms with van der Waals surface area (Å²) in [5, 5.41) is 10.1. The van der Waals surface area contributed by atoms with E-state index in [1.807, 2.05) is 0 Å². The van der Waals surface area contributed by atoms with Crippen LogP contribution in [-0.4, -0.2) is 18.6 Å². The molecular formula is C16H11ClF2N4O2S. The number of anilines is 3. The van der Waals surface area contributed by atoms with Gasteiger partial charge in [0.15, 0.2) is 11.6 Å². The number of rotatable bonds is 5. The zero-order valence-electron chi connectivity index (χ0n) is 12.9. The van der Waals surface area contributed by atoms with Gasteiger partial charge in [-0.2, -0.15) is 0 Å². The summed E-state index contributed by atoms with van der Waals surface area (Å²) >= 11 is 5.79. The van der Waals surface area contributed by atoms with Crippen molar-refractivity contribution in [1.82, 2.24) is 10.2 Å². The second-order valence-electron chi connectivity index (χ2n) is 5.09. The third kappa shape index (κ3) is 4.06. The van der Waals surface area contributed by atoms with Crippen LogP contribution in [0.15, 0.2) is 59.5 Å². The van der Waals surface area contributed by atoms with Crippen LogP contribution in [0.3, 0.4) is 0 Å². The molecule has 26 heavy (non-hydrogen) atoms. The molecule has 3 aromatic rings.